The van der Waals surface area contributed by atoms with E-state index in [0.717, 1.165) is 28.1 Å². The number of aryl methyl sites for hydroxylation is 1. The van der Waals surface area contributed by atoms with Crippen molar-refractivity contribution in [2.75, 3.05) is 0 Å². The summed E-state index contributed by atoms with van der Waals surface area (Å²) in [6.07, 6.45) is 0.458. The Labute approximate surface area is 169 Å². The molecule has 1 aromatic heterocycles. The van der Waals surface area contributed by atoms with Crippen LogP contribution in [0.5, 0.6) is 0 Å². The standard InChI is InChI=1S/C24H20FNO2S/c1-17-20(16-23(26-17)18-9-7-10-21(25)15-18)14-19-8-5-6-13-24(19)29(27,28)22-11-3-2-4-12-22/h2-13,15-16,26H,14H2,1H3. The van der Waals surface area contributed by atoms with Gasteiger partial charge in [0.1, 0.15) is 5.82 Å². The van der Waals surface area contributed by atoms with Crippen LogP contribution < -0.4 is 0 Å². The first-order valence-corrected chi connectivity index (χ1v) is 10.8. The van der Waals surface area contributed by atoms with Gasteiger partial charge in [0.15, 0.2) is 0 Å². The molecule has 4 aromatic rings. The van der Waals surface area contributed by atoms with Gasteiger partial charge in [-0.15, -0.1) is 0 Å². The summed E-state index contributed by atoms with van der Waals surface area (Å²) in [7, 11) is -3.61. The van der Waals surface area contributed by atoms with Gasteiger partial charge in [-0.2, -0.15) is 0 Å². The van der Waals surface area contributed by atoms with E-state index in [0.29, 0.717) is 11.3 Å². The van der Waals surface area contributed by atoms with Gasteiger partial charge in [-0.1, -0.05) is 48.5 Å². The summed E-state index contributed by atoms with van der Waals surface area (Å²) in [4.78, 5) is 3.86. The van der Waals surface area contributed by atoms with Gasteiger partial charge in [0.25, 0.3) is 0 Å². The largest absolute Gasteiger partial charge is 0.358 e. The van der Waals surface area contributed by atoms with Gasteiger partial charge < -0.3 is 4.98 Å². The number of rotatable bonds is 5. The number of hydrogen-bond donors (Lipinski definition) is 1. The molecule has 0 saturated carbocycles. The average Bonchev–Trinajstić information content (AvgIpc) is 3.09. The Kier molecular flexibility index (Phi) is 5.07. The van der Waals surface area contributed by atoms with Crippen LogP contribution in [0.2, 0.25) is 0 Å². The lowest BCUT2D eigenvalue weighted by Crippen LogP contribution is -2.06. The summed E-state index contributed by atoms with van der Waals surface area (Å²) in [5, 5.41) is 0. The van der Waals surface area contributed by atoms with Crippen LogP contribution >= 0.6 is 0 Å². The molecule has 0 spiro atoms. The average molecular weight is 405 g/mol. The molecular weight excluding hydrogens is 385 g/mol. The van der Waals surface area contributed by atoms with Crippen LogP contribution in [0, 0.1) is 12.7 Å². The van der Waals surface area contributed by atoms with E-state index in [4.69, 9.17) is 0 Å². The third kappa shape index (κ3) is 3.87. The number of halogens is 1. The monoisotopic (exact) mass is 405 g/mol. The molecule has 0 unspecified atom stereocenters. The van der Waals surface area contributed by atoms with Crippen LogP contribution in [0.3, 0.4) is 0 Å². The predicted octanol–water partition coefficient (Wildman–Crippen LogP) is 5.55. The van der Waals surface area contributed by atoms with Crippen molar-refractivity contribution >= 4 is 9.84 Å². The Morgan fingerprint density at radius 1 is 0.828 bits per heavy atom. The zero-order chi connectivity index (χ0) is 20.4. The lowest BCUT2D eigenvalue weighted by Gasteiger charge is -2.10. The molecule has 0 atom stereocenters. The highest BCUT2D eigenvalue weighted by Gasteiger charge is 2.21. The molecule has 3 aromatic carbocycles. The molecule has 4 rings (SSSR count). The molecule has 0 fully saturated rings. The SMILES string of the molecule is Cc1[nH]c(-c2cccc(F)c2)cc1Cc1ccccc1S(=O)(=O)c1ccccc1. The molecule has 0 radical (unpaired) electrons. The fraction of sp³-hybridized carbons (Fsp3) is 0.0833. The second-order valence-corrected chi connectivity index (χ2v) is 8.86. The van der Waals surface area contributed by atoms with Crippen molar-refractivity contribution in [2.24, 2.45) is 0 Å². The summed E-state index contributed by atoms with van der Waals surface area (Å²) in [6, 6.07) is 23.9. The van der Waals surface area contributed by atoms with Gasteiger partial charge in [-0.25, -0.2) is 12.8 Å². The van der Waals surface area contributed by atoms with Gasteiger partial charge in [0.05, 0.1) is 9.79 Å². The van der Waals surface area contributed by atoms with Crippen molar-refractivity contribution in [1.29, 1.82) is 0 Å². The Morgan fingerprint density at radius 2 is 1.55 bits per heavy atom. The van der Waals surface area contributed by atoms with E-state index in [1.54, 1.807) is 48.5 Å². The number of nitrogens with one attached hydrogen (secondary N) is 1. The highest BCUT2D eigenvalue weighted by Crippen LogP contribution is 2.28. The number of sulfone groups is 1. The van der Waals surface area contributed by atoms with Gasteiger partial charge >= 0.3 is 0 Å². The molecule has 0 aliphatic carbocycles. The van der Waals surface area contributed by atoms with Crippen LogP contribution in [-0.4, -0.2) is 13.4 Å². The highest BCUT2D eigenvalue weighted by atomic mass is 32.2. The molecule has 1 heterocycles. The summed E-state index contributed by atoms with van der Waals surface area (Å²) in [5.41, 5.74) is 4.19. The second kappa shape index (κ2) is 7.68. The summed E-state index contributed by atoms with van der Waals surface area (Å²) < 4.78 is 39.9. The first kappa shape index (κ1) is 19.2. The molecule has 0 amide bonds. The van der Waals surface area contributed by atoms with Crippen molar-refractivity contribution in [2.45, 2.75) is 23.1 Å². The quantitative estimate of drug-likeness (QED) is 0.473. The minimum atomic E-state index is -3.61. The van der Waals surface area contributed by atoms with E-state index >= 15 is 0 Å². The maximum atomic E-state index is 13.6. The summed E-state index contributed by atoms with van der Waals surface area (Å²) >= 11 is 0. The number of aromatic nitrogens is 1. The fourth-order valence-electron chi connectivity index (χ4n) is 3.44. The van der Waals surface area contributed by atoms with Crippen LogP contribution in [0.25, 0.3) is 11.3 Å². The van der Waals surface area contributed by atoms with E-state index in [2.05, 4.69) is 4.98 Å². The first-order valence-electron chi connectivity index (χ1n) is 9.27. The first-order chi connectivity index (χ1) is 13.9. The van der Waals surface area contributed by atoms with E-state index in [-0.39, 0.29) is 10.7 Å². The Morgan fingerprint density at radius 3 is 2.31 bits per heavy atom. The van der Waals surface area contributed by atoms with Gasteiger partial charge in [-0.05, 0) is 54.4 Å². The van der Waals surface area contributed by atoms with Crippen molar-refractivity contribution in [1.82, 2.24) is 4.98 Å². The number of aromatic amines is 1. The Balaban J connectivity index is 1.72. The second-order valence-electron chi connectivity index (χ2n) is 6.94. The van der Waals surface area contributed by atoms with Crippen molar-refractivity contribution in [3.8, 4) is 11.3 Å². The molecule has 0 bridgehead atoms. The Hall–Kier alpha value is -3.18. The molecular formula is C24H20FNO2S. The van der Waals surface area contributed by atoms with Gasteiger partial charge in [0.2, 0.25) is 9.84 Å². The maximum absolute atomic E-state index is 13.6. The Bertz CT molecular complexity index is 1260. The maximum Gasteiger partial charge on any atom is 0.206 e. The molecule has 29 heavy (non-hydrogen) atoms. The van der Waals surface area contributed by atoms with Gasteiger partial charge in [-0.3, -0.25) is 0 Å². The highest BCUT2D eigenvalue weighted by molar-refractivity contribution is 7.91. The lowest BCUT2D eigenvalue weighted by molar-refractivity contribution is 0.595. The zero-order valence-electron chi connectivity index (χ0n) is 15.9. The zero-order valence-corrected chi connectivity index (χ0v) is 16.7. The molecule has 146 valence electrons. The van der Waals surface area contributed by atoms with Crippen LogP contribution in [0.15, 0.2) is 94.7 Å². The summed E-state index contributed by atoms with van der Waals surface area (Å²) in [5.74, 6) is -0.296. The molecule has 3 nitrogen and oxygen atoms in total. The third-order valence-electron chi connectivity index (χ3n) is 4.95. The topological polar surface area (TPSA) is 49.9 Å². The minimum absolute atomic E-state index is 0.277. The van der Waals surface area contributed by atoms with Crippen molar-refractivity contribution < 1.29 is 12.8 Å². The van der Waals surface area contributed by atoms with Crippen molar-refractivity contribution in [3.63, 3.8) is 0 Å². The van der Waals surface area contributed by atoms with Gasteiger partial charge in [0, 0.05) is 23.4 Å². The summed E-state index contributed by atoms with van der Waals surface area (Å²) in [6.45, 7) is 1.94. The van der Waals surface area contributed by atoms with E-state index < -0.39 is 9.84 Å². The predicted molar refractivity (Wildman–Crippen MR) is 112 cm³/mol. The van der Waals surface area contributed by atoms with Crippen LogP contribution in [0.4, 0.5) is 4.39 Å². The van der Waals surface area contributed by atoms with Crippen LogP contribution in [-0.2, 0) is 16.3 Å². The molecule has 1 N–H and O–H groups in total. The molecule has 5 heteroatoms. The number of hydrogen-bond acceptors (Lipinski definition) is 2. The van der Waals surface area contributed by atoms with E-state index in [1.165, 1.54) is 12.1 Å². The lowest BCUT2D eigenvalue weighted by atomic mass is 10.0. The third-order valence-corrected chi connectivity index (χ3v) is 6.82. The molecule has 0 aliphatic heterocycles. The normalized spacial score (nSPS) is 11.5. The molecule has 0 saturated heterocycles. The fourth-order valence-corrected chi connectivity index (χ4v) is 4.95. The smallest absolute Gasteiger partial charge is 0.206 e. The van der Waals surface area contributed by atoms with E-state index in [9.17, 15) is 12.8 Å². The number of H-pyrrole nitrogens is 1. The van der Waals surface area contributed by atoms with E-state index in [1.807, 2.05) is 31.2 Å². The number of benzene rings is 3. The minimum Gasteiger partial charge on any atom is -0.358 e. The molecule has 0 aliphatic rings. The van der Waals surface area contributed by atoms with Crippen LogP contribution in [0.1, 0.15) is 16.8 Å². The van der Waals surface area contributed by atoms with Crippen molar-refractivity contribution in [3.05, 3.63) is 108 Å².